The molecule has 1 aromatic rings. The largest absolute Gasteiger partial charge is 0.480 e. The van der Waals surface area contributed by atoms with E-state index >= 15 is 0 Å². The van der Waals surface area contributed by atoms with Crippen LogP contribution in [-0.4, -0.2) is 61.0 Å². The van der Waals surface area contributed by atoms with Crippen molar-refractivity contribution in [3.8, 4) is 0 Å². The summed E-state index contributed by atoms with van der Waals surface area (Å²) in [6.07, 6.45) is 0.126. The molecule has 0 aliphatic carbocycles. The van der Waals surface area contributed by atoms with Crippen LogP contribution >= 0.6 is 0 Å². The van der Waals surface area contributed by atoms with E-state index in [4.69, 9.17) is 19.3 Å². The van der Waals surface area contributed by atoms with E-state index in [2.05, 4.69) is 10.3 Å². The fourth-order valence-corrected chi connectivity index (χ4v) is 2.31. The minimum absolute atomic E-state index is 0.266. The summed E-state index contributed by atoms with van der Waals surface area (Å²) in [4.78, 5) is 27.2. The molecule has 2 heterocycles. The maximum Gasteiger partial charge on any atom is 0.329 e. The van der Waals surface area contributed by atoms with Crippen molar-refractivity contribution in [1.82, 2.24) is 10.3 Å². The van der Waals surface area contributed by atoms with Crippen LogP contribution in [0.15, 0.2) is 18.2 Å². The molecule has 1 aliphatic rings. The van der Waals surface area contributed by atoms with Crippen LogP contribution in [0.25, 0.3) is 0 Å². The standard InChI is InChI=1S/C15H20N2O6/c1-21-7-10-3-2-4-11(16-10)15(20)17-12-8-22-6-5-13(12)23-9-14(18)19/h2-4,12-13H,5-9H2,1H3,(H,17,20)(H,18,19)/t12-,13+/m1/s1. The van der Waals surface area contributed by atoms with Gasteiger partial charge in [-0.2, -0.15) is 0 Å². The second kappa shape index (κ2) is 8.56. The Kier molecular flexibility index (Phi) is 6.45. The maximum absolute atomic E-state index is 12.3. The van der Waals surface area contributed by atoms with E-state index in [-0.39, 0.29) is 18.2 Å². The highest BCUT2D eigenvalue weighted by atomic mass is 16.5. The predicted molar refractivity (Wildman–Crippen MR) is 79.0 cm³/mol. The van der Waals surface area contributed by atoms with E-state index in [9.17, 15) is 9.59 Å². The number of pyridine rings is 1. The minimum Gasteiger partial charge on any atom is -0.480 e. The van der Waals surface area contributed by atoms with Crippen LogP contribution in [0.3, 0.4) is 0 Å². The summed E-state index contributed by atoms with van der Waals surface area (Å²) in [5.74, 6) is -1.40. The third-order valence-electron chi connectivity index (χ3n) is 3.36. The lowest BCUT2D eigenvalue weighted by atomic mass is 10.1. The van der Waals surface area contributed by atoms with Gasteiger partial charge in [-0.1, -0.05) is 6.07 Å². The first-order valence-electron chi connectivity index (χ1n) is 7.27. The number of carboxylic acids is 1. The van der Waals surface area contributed by atoms with Gasteiger partial charge in [0.05, 0.1) is 31.1 Å². The summed E-state index contributed by atoms with van der Waals surface area (Å²) in [6.45, 7) is 0.655. The van der Waals surface area contributed by atoms with Crippen molar-refractivity contribution >= 4 is 11.9 Å². The molecule has 8 nitrogen and oxygen atoms in total. The molecule has 1 aromatic heterocycles. The molecule has 1 saturated heterocycles. The lowest BCUT2D eigenvalue weighted by Gasteiger charge is -2.31. The van der Waals surface area contributed by atoms with Gasteiger partial charge < -0.3 is 24.6 Å². The van der Waals surface area contributed by atoms with E-state index < -0.39 is 24.7 Å². The summed E-state index contributed by atoms with van der Waals surface area (Å²) in [5.41, 5.74) is 0.917. The summed E-state index contributed by atoms with van der Waals surface area (Å²) in [5, 5.41) is 11.5. The highest BCUT2D eigenvalue weighted by molar-refractivity contribution is 5.92. The van der Waals surface area contributed by atoms with Gasteiger partial charge in [0.2, 0.25) is 0 Å². The van der Waals surface area contributed by atoms with Crippen LogP contribution in [-0.2, 0) is 25.6 Å². The highest BCUT2D eigenvalue weighted by Crippen LogP contribution is 2.13. The molecule has 1 aliphatic heterocycles. The van der Waals surface area contributed by atoms with E-state index in [1.165, 1.54) is 0 Å². The van der Waals surface area contributed by atoms with Gasteiger partial charge in [0.1, 0.15) is 12.3 Å². The molecule has 1 fully saturated rings. The van der Waals surface area contributed by atoms with Gasteiger partial charge in [0.15, 0.2) is 0 Å². The lowest BCUT2D eigenvalue weighted by molar-refractivity contribution is -0.147. The van der Waals surface area contributed by atoms with Crippen LogP contribution in [0.4, 0.5) is 0 Å². The fourth-order valence-electron chi connectivity index (χ4n) is 2.31. The van der Waals surface area contributed by atoms with Crippen molar-refractivity contribution in [1.29, 1.82) is 0 Å². The maximum atomic E-state index is 12.3. The average molecular weight is 324 g/mol. The molecule has 2 atom stereocenters. The zero-order valence-corrected chi connectivity index (χ0v) is 12.9. The lowest BCUT2D eigenvalue weighted by Crippen LogP contribution is -2.51. The Hall–Kier alpha value is -2.03. The van der Waals surface area contributed by atoms with Crippen LogP contribution in [0.5, 0.6) is 0 Å². The van der Waals surface area contributed by atoms with Gasteiger partial charge in [-0.05, 0) is 18.6 Å². The molecule has 23 heavy (non-hydrogen) atoms. The Bertz CT molecular complexity index is 551. The number of nitrogens with one attached hydrogen (secondary N) is 1. The van der Waals surface area contributed by atoms with Crippen molar-refractivity contribution in [2.75, 3.05) is 26.9 Å². The minimum atomic E-state index is -1.05. The van der Waals surface area contributed by atoms with Crippen LogP contribution in [0.1, 0.15) is 22.6 Å². The number of nitrogens with zero attached hydrogens (tertiary/aromatic N) is 1. The first-order valence-corrected chi connectivity index (χ1v) is 7.27. The molecule has 0 bridgehead atoms. The number of methoxy groups -OCH3 is 1. The number of aliphatic carboxylic acids is 1. The van der Waals surface area contributed by atoms with Crippen molar-refractivity contribution in [2.45, 2.75) is 25.2 Å². The van der Waals surface area contributed by atoms with Crippen LogP contribution in [0.2, 0.25) is 0 Å². The van der Waals surface area contributed by atoms with Gasteiger partial charge >= 0.3 is 5.97 Å². The van der Waals surface area contributed by atoms with Crippen molar-refractivity contribution in [2.24, 2.45) is 0 Å². The van der Waals surface area contributed by atoms with E-state index in [1.54, 1.807) is 25.3 Å². The number of carboxylic acid groups (broad SMARTS) is 1. The molecule has 0 radical (unpaired) electrons. The molecular weight excluding hydrogens is 304 g/mol. The Morgan fingerprint density at radius 1 is 1.48 bits per heavy atom. The second-order valence-electron chi connectivity index (χ2n) is 5.13. The van der Waals surface area contributed by atoms with Gasteiger partial charge in [0.25, 0.3) is 5.91 Å². The third kappa shape index (κ3) is 5.27. The first-order chi connectivity index (χ1) is 11.1. The van der Waals surface area contributed by atoms with E-state index in [0.717, 1.165) is 0 Å². The van der Waals surface area contributed by atoms with Crippen LogP contribution in [0, 0.1) is 0 Å². The molecule has 0 spiro atoms. The number of hydrogen-bond donors (Lipinski definition) is 2. The zero-order chi connectivity index (χ0) is 16.7. The molecule has 126 valence electrons. The Morgan fingerprint density at radius 3 is 3.04 bits per heavy atom. The number of aromatic nitrogens is 1. The predicted octanol–water partition coefficient (Wildman–Crippen LogP) is 0.217. The van der Waals surface area contributed by atoms with Crippen LogP contribution < -0.4 is 5.32 Å². The molecule has 0 aromatic carbocycles. The quantitative estimate of drug-likeness (QED) is 0.738. The van der Waals surface area contributed by atoms with Crippen molar-refractivity contribution < 1.29 is 28.9 Å². The van der Waals surface area contributed by atoms with Crippen molar-refractivity contribution in [3.63, 3.8) is 0 Å². The number of rotatable bonds is 7. The molecule has 2 N–H and O–H groups in total. The molecule has 0 saturated carbocycles. The van der Waals surface area contributed by atoms with Gasteiger partial charge in [-0.3, -0.25) is 4.79 Å². The summed E-state index contributed by atoms with van der Waals surface area (Å²) in [7, 11) is 1.55. The summed E-state index contributed by atoms with van der Waals surface area (Å²) >= 11 is 0. The monoisotopic (exact) mass is 324 g/mol. The smallest absolute Gasteiger partial charge is 0.329 e. The van der Waals surface area contributed by atoms with Gasteiger partial charge in [0, 0.05) is 13.7 Å². The van der Waals surface area contributed by atoms with E-state index in [0.29, 0.717) is 25.3 Å². The van der Waals surface area contributed by atoms with Gasteiger partial charge in [-0.25, -0.2) is 9.78 Å². The fraction of sp³-hybridized carbons (Fsp3) is 0.533. The zero-order valence-electron chi connectivity index (χ0n) is 12.9. The number of hydrogen-bond acceptors (Lipinski definition) is 6. The molecule has 2 rings (SSSR count). The summed E-state index contributed by atoms with van der Waals surface area (Å²) < 4.78 is 15.7. The Labute approximate surface area is 133 Å². The number of carbonyl (C=O) groups is 2. The third-order valence-corrected chi connectivity index (χ3v) is 3.36. The molecule has 1 amide bonds. The number of amides is 1. The SMILES string of the molecule is COCc1cccc(C(=O)N[C@@H]2COCC[C@@H]2OCC(=O)O)n1. The highest BCUT2D eigenvalue weighted by Gasteiger charge is 2.29. The van der Waals surface area contributed by atoms with E-state index in [1.807, 2.05) is 0 Å². The topological polar surface area (TPSA) is 107 Å². The number of ether oxygens (including phenoxy) is 3. The Morgan fingerprint density at radius 2 is 2.30 bits per heavy atom. The van der Waals surface area contributed by atoms with Crippen molar-refractivity contribution in [3.05, 3.63) is 29.6 Å². The molecule has 0 unspecified atom stereocenters. The molecular formula is C15H20N2O6. The average Bonchev–Trinajstić information content (AvgIpc) is 2.54. The summed E-state index contributed by atoms with van der Waals surface area (Å²) in [6, 6.07) is 4.68. The normalized spacial score (nSPS) is 20.9. The number of carbonyl (C=O) groups excluding carboxylic acids is 1. The van der Waals surface area contributed by atoms with Gasteiger partial charge in [-0.15, -0.1) is 0 Å². The Balaban J connectivity index is 1.99. The first kappa shape index (κ1) is 17.3. The second-order valence-corrected chi connectivity index (χ2v) is 5.13. The molecule has 8 heteroatoms.